The van der Waals surface area contributed by atoms with E-state index in [9.17, 15) is 8.42 Å². The van der Waals surface area contributed by atoms with E-state index in [0.29, 0.717) is 17.9 Å². The maximum absolute atomic E-state index is 12.4. The van der Waals surface area contributed by atoms with Crippen LogP contribution in [0.3, 0.4) is 0 Å². The van der Waals surface area contributed by atoms with E-state index < -0.39 is 10.0 Å². The van der Waals surface area contributed by atoms with Crippen molar-refractivity contribution >= 4 is 10.0 Å². The summed E-state index contributed by atoms with van der Waals surface area (Å²) in [4.78, 5) is 4.85. The molecule has 1 aliphatic carbocycles. The van der Waals surface area contributed by atoms with Gasteiger partial charge in [-0.25, -0.2) is 19.0 Å². The lowest BCUT2D eigenvalue weighted by atomic mass is 10.1. The van der Waals surface area contributed by atoms with Gasteiger partial charge >= 0.3 is 0 Å². The van der Waals surface area contributed by atoms with Crippen molar-refractivity contribution in [2.24, 2.45) is 5.90 Å². The van der Waals surface area contributed by atoms with Crippen molar-refractivity contribution < 1.29 is 13.3 Å². The number of hydrogen-bond donors (Lipinski definition) is 2. The molecule has 0 unspecified atom stereocenters. The zero-order valence-electron chi connectivity index (χ0n) is 12.3. The topological polar surface area (TPSA) is 81.4 Å². The predicted molar refractivity (Wildman–Crippen MR) is 82.1 cm³/mol. The standard InChI is InChI=1S/C15H24N2O3S/c16-20-12-11-13-7-9-15(10-8-13)21(18,19)17-14-5-3-1-2-4-6-14/h7-10,14,17H,1-6,11-12,16H2. The van der Waals surface area contributed by atoms with Gasteiger partial charge in [0.05, 0.1) is 11.5 Å². The summed E-state index contributed by atoms with van der Waals surface area (Å²) in [6.07, 6.45) is 7.16. The molecule has 3 N–H and O–H groups in total. The van der Waals surface area contributed by atoms with E-state index in [4.69, 9.17) is 5.90 Å². The Morgan fingerprint density at radius 2 is 1.71 bits per heavy atom. The summed E-state index contributed by atoms with van der Waals surface area (Å²) in [5.41, 5.74) is 1.01. The molecule has 0 aliphatic heterocycles. The van der Waals surface area contributed by atoms with Crippen molar-refractivity contribution in [1.82, 2.24) is 4.72 Å². The maximum atomic E-state index is 12.4. The lowest BCUT2D eigenvalue weighted by molar-refractivity contribution is 0.141. The predicted octanol–water partition coefficient (Wildman–Crippen LogP) is 2.12. The summed E-state index contributed by atoms with van der Waals surface area (Å²) in [5, 5.41) is 0. The Kier molecular flexibility index (Phi) is 6.17. The quantitative estimate of drug-likeness (QED) is 0.623. The average Bonchev–Trinajstić information content (AvgIpc) is 2.73. The first-order chi connectivity index (χ1) is 10.1. The van der Waals surface area contributed by atoms with Gasteiger partial charge in [0.2, 0.25) is 10.0 Å². The van der Waals surface area contributed by atoms with Crippen molar-refractivity contribution in [3.63, 3.8) is 0 Å². The van der Waals surface area contributed by atoms with Gasteiger partial charge in [0.15, 0.2) is 0 Å². The van der Waals surface area contributed by atoms with E-state index in [2.05, 4.69) is 9.56 Å². The molecule has 0 radical (unpaired) electrons. The highest BCUT2D eigenvalue weighted by atomic mass is 32.2. The number of sulfonamides is 1. The summed E-state index contributed by atoms with van der Waals surface area (Å²) in [5.74, 6) is 4.99. The Bertz CT molecular complexity index is 520. The molecule has 0 spiro atoms. The highest BCUT2D eigenvalue weighted by Gasteiger charge is 2.20. The first-order valence-electron chi connectivity index (χ1n) is 7.55. The van der Waals surface area contributed by atoms with Crippen LogP contribution >= 0.6 is 0 Å². The van der Waals surface area contributed by atoms with Gasteiger partial charge in [-0.05, 0) is 37.0 Å². The Morgan fingerprint density at radius 1 is 1.10 bits per heavy atom. The van der Waals surface area contributed by atoms with Crippen LogP contribution in [0.15, 0.2) is 29.2 Å². The van der Waals surface area contributed by atoms with Gasteiger partial charge in [-0.3, -0.25) is 0 Å². The van der Waals surface area contributed by atoms with Gasteiger partial charge in [-0.1, -0.05) is 37.8 Å². The van der Waals surface area contributed by atoms with Crippen molar-refractivity contribution in [3.05, 3.63) is 29.8 Å². The highest BCUT2D eigenvalue weighted by Crippen LogP contribution is 2.20. The Balaban J connectivity index is 2.01. The zero-order valence-corrected chi connectivity index (χ0v) is 13.1. The zero-order chi connectivity index (χ0) is 15.1. The second-order valence-corrected chi connectivity index (χ2v) is 7.29. The molecule has 0 bridgehead atoms. The Morgan fingerprint density at radius 3 is 2.29 bits per heavy atom. The molecule has 1 aromatic rings. The third kappa shape index (κ3) is 5.07. The van der Waals surface area contributed by atoms with Crippen LogP contribution in [0, 0.1) is 0 Å². The minimum absolute atomic E-state index is 0.0721. The van der Waals surface area contributed by atoms with E-state index in [1.54, 1.807) is 24.3 Å². The fourth-order valence-electron chi connectivity index (χ4n) is 2.70. The number of nitrogens with one attached hydrogen (secondary N) is 1. The molecule has 21 heavy (non-hydrogen) atoms. The van der Waals surface area contributed by atoms with E-state index >= 15 is 0 Å². The second kappa shape index (κ2) is 7.89. The lowest BCUT2D eigenvalue weighted by Gasteiger charge is -2.16. The molecule has 0 heterocycles. The first kappa shape index (κ1) is 16.4. The van der Waals surface area contributed by atoms with E-state index in [1.807, 2.05) is 0 Å². The summed E-state index contributed by atoms with van der Waals surface area (Å²) < 4.78 is 27.6. The normalized spacial score (nSPS) is 17.6. The van der Waals surface area contributed by atoms with Crippen molar-refractivity contribution in [2.45, 2.75) is 55.9 Å². The molecule has 0 aromatic heterocycles. The molecule has 5 nitrogen and oxygen atoms in total. The molecule has 6 heteroatoms. The molecule has 1 aromatic carbocycles. The van der Waals surface area contributed by atoms with Crippen LogP contribution in [-0.4, -0.2) is 21.1 Å². The Labute approximate surface area is 126 Å². The SMILES string of the molecule is NOCCc1ccc(S(=O)(=O)NC2CCCCCC2)cc1. The molecule has 1 fully saturated rings. The second-order valence-electron chi connectivity index (χ2n) is 5.57. The first-order valence-corrected chi connectivity index (χ1v) is 9.03. The summed E-state index contributed by atoms with van der Waals surface area (Å²) >= 11 is 0. The molecule has 2 rings (SSSR count). The lowest BCUT2D eigenvalue weighted by Crippen LogP contribution is -2.34. The van der Waals surface area contributed by atoms with Gasteiger partial charge in [0.25, 0.3) is 0 Å². The third-order valence-corrected chi connectivity index (χ3v) is 5.46. The van der Waals surface area contributed by atoms with Gasteiger partial charge in [0, 0.05) is 6.04 Å². The van der Waals surface area contributed by atoms with Gasteiger partial charge in [-0.15, -0.1) is 0 Å². The van der Waals surface area contributed by atoms with Crippen molar-refractivity contribution in [1.29, 1.82) is 0 Å². The van der Waals surface area contributed by atoms with Gasteiger partial charge < -0.3 is 4.84 Å². The molecule has 0 atom stereocenters. The van der Waals surface area contributed by atoms with Gasteiger partial charge in [-0.2, -0.15) is 0 Å². The fourth-order valence-corrected chi connectivity index (χ4v) is 4.00. The van der Waals surface area contributed by atoms with Gasteiger partial charge in [0.1, 0.15) is 0 Å². The van der Waals surface area contributed by atoms with Crippen LogP contribution in [0.25, 0.3) is 0 Å². The number of nitrogens with two attached hydrogens (primary N) is 1. The smallest absolute Gasteiger partial charge is 0.240 e. The van der Waals surface area contributed by atoms with E-state index in [-0.39, 0.29) is 6.04 Å². The molecular formula is C15H24N2O3S. The molecule has 0 saturated heterocycles. The van der Waals surface area contributed by atoms with E-state index in [0.717, 1.165) is 31.2 Å². The number of benzene rings is 1. The molecule has 1 saturated carbocycles. The monoisotopic (exact) mass is 312 g/mol. The molecular weight excluding hydrogens is 288 g/mol. The van der Waals surface area contributed by atoms with E-state index in [1.165, 1.54) is 12.8 Å². The average molecular weight is 312 g/mol. The van der Waals surface area contributed by atoms with Crippen LogP contribution in [0.2, 0.25) is 0 Å². The van der Waals surface area contributed by atoms with Crippen LogP contribution in [0.4, 0.5) is 0 Å². The minimum atomic E-state index is -3.42. The number of rotatable bonds is 6. The fraction of sp³-hybridized carbons (Fsp3) is 0.600. The van der Waals surface area contributed by atoms with Crippen LogP contribution in [0.5, 0.6) is 0 Å². The minimum Gasteiger partial charge on any atom is -0.304 e. The van der Waals surface area contributed by atoms with Crippen molar-refractivity contribution in [3.8, 4) is 0 Å². The summed E-state index contributed by atoms with van der Waals surface area (Å²) in [6, 6.07) is 6.97. The highest BCUT2D eigenvalue weighted by molar-refractivity contribution is 7.89. The Hall–Kier alpha value is -0.950. The molecule has 1 aliphatic rings. The third-order valence-electron chi connectivity index (χ3n) is 3.92. The number of hydrogen-bond acceptors (Lipinski definition) is 4. The largest absolute Gasteiger partial charge is 0.304 e. The maximum Gasteiger partial charge on any atom is 0.240 e. The van der Waals surface area contributed by atoms with Crippen molar-refractivity contribution in [2.75, 3.05) is 6.61 Å². The van der Waals surface area contributed by atoms with Crippen LogP contribution in [0.1, 0.15) is 44.1 Å². The summed E-state index contributed by atoms with van der Waals surface area (Å²) in [6.45, 7) is 0.423. The molecule has 0 amide bonds. The van der Waals surface area contributed by atoms with Crippen LogP contribution in [-0.2, 0) is 21.3 Å². The van der Waals surface area contributed by atoms with Crippen LogP contribution < -0.4 is 10.6 Å². The molecule has 118 valence electrons. The summed E-state index contributed by atoms with van der Waals surface area (Å²) in [7, 11) is -3.42.